The van der Waals surface area contributed by atoms with Crippen LogP contribution in [0.4, 0.5) is 0 Å². The molecule has 0 unspecified atom stereocenters. The van der Waals surface area contributed by atoms with E-state index < -0.39 is 5.91 Å². The minimum atomic E-state index is -0.434. The lowest BCUT2D eigenvalue weighted by Gasteiger charge is -2.02. The van der Waals surface area contributed by atoms with Gasteiger partial charge in [0.2, 0.25) is 12.6 Å². The molecule has 0 spiro atoms. The van der Waals surface area contributed by atoms with Crippen molar-refractivity contribution >= 4 is 35.3 Å². The maximum absolute atomic E-state index is 12.0. The SMILES string of the molecule is O=C(Cn1nnc(-c2ccccc2Cl)n1)N/N=C\c1cc2c(cc1Cl)OCO2. The number of carbonyl (C=O) groups excluding carboxylic acids is 1. The van der Waals surface area contributed by atoms with Crippen molar-refractivity contribution in [3.05, 3.63) is 52.0 Å². The summed E-state index contributed by atoms with van der Waals surface area (Å²) in [6, 6.07) is 10.4. The Kier molecular flexibility index (Phi) is 5.09. The van der Waals surface area contributed by atoms with Gasteiger partial charge in [-0.05, 0) is 23.4 Å². The molecular formula is C17H12Cl2N6O3. The minimum absolute atomic E-state index is 0.143. The van der Waals surface area contributed by atoms with E-state index in [1.165, 1.54) is 6.21 Å². The monoisotopic (exact) mass is 418 g/mol. The molecule has 2 heterocycles. The minimum Gasteiger partial charge on any atom is -0.454 e. The summed E-state index contributed by atoms with van der Waals surface area (Å²) in [4.78, 5) is 13.2. The van der Waals surface area contributed by atoms with Gasteiger partial charge in [0.05, 0.1) is 16.3 Å². The zero-order chi connectivity index (χ0) is 19.5. The van der Waals surface area contributed by atoms with Gasteiger partial charge in [0.1, 0.15) is 6.54 Å². The summed E-state index contributed by atoms with van der Waals surface area (Å²) in [7, 11) is 0. The summed E-state index contributed by atoms with van der Waals surface area (Å²) in [6.45, 7) is -0.0201. The van der Waals surface area contributed by atoms with Crippen LogP contribution in [-0.2, 0) is 11.3 Å². The third-order valence-electron chi connectivity index (χ3n) is 3.74. The number of benzene rings is 2. The lowest BCUT2D eigenvalue weighted by Crippen LogP contribution is -2.24. The number of ether oxygens (including phenoxy) is 2. The van der Waals surface area contributed by atoms with Crippen LogP contribution in [0.1, 0.15) is 5.56 Å². The summed E-state index contributed by atoms with van der Waals surface area (Å²) in [5.41, 5.74) is 3.59. The summed E-state index contributed by atoms with van der Waals surface area (Å²) < 4.78 is 10.5. The molecule has 1 N–H and O–H groups in total. The van der Waals surface area contributed by atoms with Crippen molar-refractivity contribution in [2.24, 2.45) is 5.10 Å². The van der Waals surface area contributed by atoms with Gasteiger partial charge in [-0.25, -0.2) is 5.43 Å². The number of amides is 1. The summed E-state index contributed by atoms with van der Waals surface area (Å²) >= 11 is 12.2. The highest BCUT2D eigenvalue weighted by molar-refractivity contribution is 6.33. The van der Waals surface area contributed by atoms with Gasteiger partial charge in [-0.3, -0.25) is 4.79 Å². The Morgan fingerprint density at radius 2 is 2.00 bits per heavy atom. The molecule has 2 aromatic carbocycles. The molecule has 9 nitrogen and oxygen atoms in total. The van der Waals surface area contributed by atoms with E-state index in [4.69, 9.17) is 32.7 Å². The molecule has 1 aliphatic rings. The molecule has 28 heavy (non-hydrogen) atoms. The normalized spacial score (nSPS) is 12.5. The first kappa shape index (κ1) is 18.2. The van der Waals surface area contributed by atoms with Gasteiger partial charge in [-0.15, -0.1) is 10.2 Å². The number of nitrogens with zero attached hydrogens (tertiary/aromatic N) is 5. The van der Waals surface area contributed by atoms with Crippen molar-refractivity contribution in [1.82, 2.24) is 25.6 Å². The lowest BCUT2D eigenvalue weighted by atomic mass is 10.2. The van der Waals surface area contributed by atoms with E-state index in [1.807, 2.05) is 6.07 Å². The summed E-state index contributed by atoms with van der Waals surface area (Å²) in [6.07, 6.45) is 1.41. The highest BCUT2D eigenvalue weighted by Gasteiger charge is 2.16. The third kappa shape index (κ3) is 3.90. The highest BCUT2D eigenvalue weighted by atomic mass is 35.5. The van der Waals surface area contributed by atoms with E-state index in [0.29, 0.717) is 38.5 Å². The van der Waals surface area contributed by atoms with Crippen LogP contribution >= 0.6 is 23.2 Å². The van der Waals surface area contributed by atoms with Crippen molar-refractivity contribution in [2.75, 3.05) is 6.79 Å². The van der Waals surface area contributed by atoms with Gasteiger partial charge >= 0.3 is 0 Å². The molecule has 1 aliphatic heterocycles. The topological polar surface area (TPSA) is 104 Å². The fourth-order valence-electron chi connectivity index (χ4n) is 2.43. The first-order valence-corrected chi connectivity index (χ1v) is 8.79. The Balaban J connectivity index is 1.38. The Bertz CT molecular complexity index is 1070. The Morgan fingerprint density at radius 3 is 2.82 bits per heavy atom. The molecule has 0 fully saturated rings. The summed E-state index contributed by atoms with van der Waals surface area (Å²) in [5, 5.41) is 16.7. The fraction of sp³-hybridized carbons (Fsp3) is 0.118. The lowest BCUT2D eigenvalue weighted by molar-refractivity contribution is -0.122. The Morgan fingerprint density at radius 1 is 1.21 bits per heavy atom. The number of tetrazole rings is 1. The number of fused-ring (bicyclic) bond motifs is 1. The van der Waals surface area contributed by atoms with Crippen LogP contribution in [0.25, 0.3) is 11.4 Å². The zero-order valence-corrected chi connectivity index (χ0v) is 15.7. The number of rotatable bonds is 5. The molecule has 0 saturated heterocycles. The molecule has 0 saturated carbocycles. The molecule has 0 atom stereocenters. The van der Waals surface area contributed by atoms with Crippen molar-refractivity contribution < 1.29 is 14.3 Å². The van der Waals surface area contributed by atoms with Crippen molar-refractivity contribution in [3.63, 3.8) is 0 Å². The second-order valence-electron chi connectivity index (χ2n) is 5.64. The Labute approximate surface area is 168 Å². The van der Waals surface area contributed by atoms with E-state index in [1.54, 1.807) is 30.3 Å². The van der Waals surface area contributed by atoms with Crippen LogP contribution in [0, 0.1) is 0 Å². The molecule has 1 aromatic heterocycles. The second-order valence-corrected chi connectivity index (χ2v) is 6.46. The first-order valence-electron chi connectivity index (χ1n) is 8.04. The predicted molar refractivity (Wildman–Crippen MR) is 102 cm³/mol. The number of aromatic nitrogens is 4. The number of halogens is 2. The average molecular weight is 419 g/mol. The molecule has 1 amide bonds. The van der Waals surface area contributed by atoms with E-state index in [2.05, 4.69) is 25.9 Å². The molecule has 142 valence electrons. The van der Waals surface area contributed by atoms with Gasteiger partial charge in [-0.1, -0.05) is 35.3 Å². The molecule has 11 heteroatoms. The maximum atomic E-state index is 12.0. The first-order chi connectivity index (χ1) is 13.6. The molecule has 4 rings (SSSR count). The van der Waals surface area contributed by atoms with E-state index in [-0.39, 0.29) is 13.3 Å². The number of hydrazone groups is 1. The van der Waals surface area contributed by atoms with Crippen molar-refractivity contribution in [3.8, 4) is 22.9 Å². The van der Waals surface area contributed by atoms with E-state index in [9.17, 15) is 4.79 Å². The molecule has 0 bridgehead atoms. The van der Waals surface area contributed by atoms with Crippen LogP contribution in [-0.4, -0.2) is 39.1 Å². The predicted octanol–water partition coefficient (Wildman–Crippen LogP) is 2.53. The van der Waals surface area contributed by atoms with Crippen LogP contribution in [0.15, 0.2) is 41.5 Å². The molecule has 0 radical (unpaired) electrons. The van der Waals surface area contributed by atoms with Crippen LogP contribution in [0.3, 0.4) is 0 Å². The zero-order valence-electron chi connectivity index (χ0n) is 14.2. The smallest absolute Gasteiger partial charge is 0.263 e. The fourth-order valence-corrected chi connectivity index (χ4v) is 2.85. The third-order valence-corrected chi connectivity index (χ3v) is 4.39. The number of hydrogen-bond acceptors (Lipinski definition) is 7. The van der Waals surface area contributed by atoms with Gasteiger partial charge in [0, 0.05) is 17.2 Å². The molecular weight excluding hydrogens is 407 g/mol. The standard InChI is InChI=1S/C17H12Cl2N6O3/c18-12-4-2-1-3-11(12)17-22-24-25(23-17)8-16(26)21-20-7-10-5-14-15(6-13(10)19)28-9-27-14/h1-7H,8-9H2,(H,21,26)/b20-7-. The van der Waals surface area contributed by atoms with Gasteiger partial charge in [-0.2, -0.15) is 9.90 Å². The number of nitrogens with one attached hydrogen (secondary N) is 1. The van der Waals surface area contributed by atoms with E-state index in [0.717, 1.165) is 4.80 Å². The molecule has 0 aliphatic carbocycles. The van der Waals surface area contributed by atoms with Gasteiger partial charge < -0.3 is 9.47 Å². The largest absolute Gasteiger partial charge is 0.454 e. The summed E-state index contributed by atoms with van der Waals surface area (Å²) in [5.74, 6) is 1.03. The van der Waals surface area contributed by atoms with Crippen LogP contribution < -0.4 is 14.9 Å². The quantitative estimate of drug-likeness (QED) is 0.504. The van der Waals surface area contributed by atoms with Crippen molar-refractivity contribution in [1.29, 1.82) is 0 Å². The average Bonchev–Trinajstić information content (AvgIpc) is 3.31. The Hall–Kier alpha value is -3.17. The van der Waals surface area contributed by atoms with E-state index >= 15 is 0 Å². The number of hydrogen-bond donors (Lipinski definition) is 1. The van der Waals surface area contributed by atoms with Gasteiger partial charge in [0.25, 0.3) is 5.91 Å². The molecule has 3 aromatic rings. The second kappa shape index (κ2) is 7.83. The highest BCUT2D eigenvalue weighted by Crippen LogP contribution is 2.36. The number of carbonyl (C=O) groups is 1. The van der Waals surface area contributed by atoms with Gasteiger partial charge in [0.15, 0.2) is 11.5 Å². The van der Waals surface area contributed by atoms with Crippen molar-refractivity contribution in [2.45, 2.75) is 6.54 Å². The van der Waals surface area contributed by atoms with Crippen LogP contribution in [0.2, 0.25) is 10.0 Å². The maximum Gasteiger partial charge on any atom is 0.263 e. The van der Waals surface area contributed by atoms with Crippen LogP contribution in [0.5, 0.6) is 11.5 Å².